The summed E-state index contributed by atoms with van der Waals surface area (Å²) < 4.78 is 19.0. The smallest absolute Gasteiger partial charge is 0.256 e. The highest BCUT2D eigenvalue weighted by molar-refractivity contribution is 6.30. The molecule has 2 heterocycles. The van der Waals surface area contributed by atoms with Gasteiger partial charge in [-0.3, -0.25) is 9.59 Å². The Hall–Kier alpha value is -3.05. The second kappa shape index (κ2) is 20.4. The van der Waals surface area contributed by atoms with E-state index in [9.17, 15) is 9.59 Å². The maximum absolute atomic E-state index is 14.4. The molecule has 1 fully saturated rings. The Labute approximate surface area is 326 Å². The minimum absolute atomic E-state index is 0. The molecule has 3 aromatic rings. The van der Waals surface area contributed by atoms with Gasteiger partial charge in [-0.1, -0.05) is 74.8 Å². The molecule has 2 aliphatic rings. The molecule has 3 N–H and O–H groups in total. The van der Waals surface area contributed by atoms with Crippen molar-refractivity contribution in [3.05, 3.63) is 88.4 Å². The molecule has 9 nitrogen and oxygen atoms in total. The molecule has 52 heavy (non-hydrogen) atoms. The number of amides is 2. The molecule has 3 aromatic carbocycles. The first-order valence-electron chi connectivity index (χ1n) is 17.9. The number of ether oxygens (including phenoxy) is 3. The topological polar surface area (TPSA) is 106 Å². The van der Waals surface area contributed by atoms with E-state index in [1.165, 1.54) is 5.56 Å². The van der Waals surface area contributed by atoms with Gasteiger partial charge in [0.2, 0.25) is 5.91 Å². The van der Waals surface area contributed by atoms with Gasteiger partial charge in [-0.2, -0.15) is 0 Å². The standard InChI is InChI=1S/C40H53ClN4O5.2ClH/c1-40(2,3)27-45-33-17-16-29(41)25-32(33)37(50-35(39(45)47)26-36(46)44-22-18-30(42)19-23-44)31-14-8-15-34(38(31)48-4)49-24-10-21-43-20-9-13-28-11-6-5-7-12-28;;/h5-8,11-12,14-17,25,30,35,37,43H,9-10,13,18-24,26-27,42H2,1-4H3;2*1H/t35-,37-;;/m1../s1. The highest BCUT2D eigenvalue weighted by atomic mass is 35.5. The van der Waals surface area contributed by atoms with Crippen LogP contribution in [0.25, 0.3) is 0 Å². The van der Waals surface area contributed by atoms with Gasteiger partial charge in [-0.05, 0) is 80.4 Å². The Morgan fingerprint density at radius 1 is 0.981 bits per heavy atom. The molecule has 12 heteroatoms. The summed E-state index contributed by atoms with van der Waals surface area (Å²) in [5, 5.41) is 4.03. The number of para-hydroxylation sites is 1. The van der Waals surface area contributed by atoms with Crippen LogP contribution in [0.2, 0.25) is 5.02 Å². The predicted molar refractivity (Wildman–Crippen MR) is 214 cm³/mol. The number of hydrogen-bond donors (Lipinski definition) is 2. The number of methoxy groups -OCH3 is 1. The number of nitrogens with zero attached hydrogens (tertiary/aromatic N) is 2. The molecular weight excluding hydrogens is 723 g/mol. The molecule has 0 aliphatic carbocycles. The lowest BCUT2D eigenvalue weighted by molar-refractivity contribution is -0.143. The lowest BCUT2D eigenvalue weighted by Gasteiger charge is -2.33. The number of aryl methyl sites for hydroxylation is 1. The van der Waals surface area contributed by atoms with Gasteiger partial charge >= 0.3 is 0 Å². The zero-order valence-corrected chi connectivity index (χ0v) is 33.2. The van der Waals surface area contributed by atoms with Crippen molar-refractivity contribution >= 4 is 53.9 Å². The molecule has 0 bridgehead atoms. The van der Waals surface area contributed by atoms with Gasteiger partial charge in [-0.15, -0.1) is 24.8 Å². The molecular formula is C40H55Cl3N4O5. The number of nitrogens with one attached hydrogen (secondary N) is 1. The van der Waals surface area contributed by atoms with Crippen LogP contribution in [0.4, 0.5) is 5.69 Å². The minimum atomic E-state index is -1.03. The van der Waals surface area contributed by atoms with Crippen molar-refractivity contribution in [2.45, 2.75) is 77.5 Å². The third-order valence-electron chi connectivity index (χ3n) is 9.20. The van der Waals surface area contributed by atoms with Crippen LogP contribution in [0.5, 0.6) is 11.5 Å². The van der Waals surface area contributed by atoms with Gasteiger partial charge in [0, 0.05) is 47.5 Å². The molecule has 2 aliphatic heterocycles. The fourth-order valence-electron chi connectivity index (χ4n) is 6.66. The number of likely N-dealkylation sites (tertiary alicyclic amines) is 1. The van der Waals surface area contributed by atoms with Crippen molar-refractivity contribution in [1.82, 2.24) is 10.2 Å². The number of halogens is 3. The Kier molecular flexibility index (Phi) is 17.0. The van der Waals surface area contributed by atoms with Gasteiger partial charge < -0.3 is 35.1 Å². The number of nitrogens with two attached hydrogens (primary N) is 1. The number of hydrogen-bond acceptors (Lipinski definition) is 7. The van der Waals surface area contributed by atoms with Gasteiger partial charge in [0.15, 0.2) is 11.5 Å². The predicted octanol–water partition coefficient (Wildman–Crippen LogP) is 7.39. The first-order chi connectivity index (χ1) is 24.0. The normalized spacial score (nSPS) is 17.8. The van der Waals surface area contributed by atoms with E-state index in [4.69, 9.17) is 31.5 Å². The van der Waals surface area contributed by atoms with E-state index in [1.54, 1.807) is 23.0 Å². The fraction of sp³-hybridized carbons (Fsp3) is 0.500. The number of rotatable bonds is 14. The van der Waals surface area contributed by atoms with E-state index in [0.717, 1.165) is 50.8 Å². The van der Waals surface area contributed by atoms with Crippen molar-refractivity contribution in [2.24, 2.45) is 11.1 Å². The van der Waals surface area contributed by atoms with E-state index < -0.39 is 12.2 Å². The van der Waals surface area contributed by atoms with Crippen molar-refractivity contribution < 1.29 is 23.8 Å². The summed E-state index contributed by atoms with van der Waals surface area (Å²) in [4.78, 5) is 31.6. The number of fused-ring (bicyclic) bond motifs is 1. The van der Waals surface area contributed by atoms with Gasteiger partial charge in [0.05, 0.1) is 20.1 Å². The SMILES string of the molecule is COc1c(OCCCNCCCc2ccccc2)cccc1[C@H]1O[C@H](CC(=O)N2CCC(N)CC2)C(=O)N(CC(C)(C)C)c2ccc(Cl)cc21.Cl.Cl. The van der Waals surface area contributed by atoms with Crippen LogP contribution in [0, 0.1) is 5.41 Å². The van der Waals surface area contributed by atoms with Gasteiger partial charge in [-0.25, -0.2) is 0 Å². The minimum Gasteiger partial charge on any atom is -0.492 e. The van der Waals surface area contributed by atoms with E-state index in [1.807, 2.05) is 36.4 Å². The van der Waals surface area contributed by atoms with E-state index in [-0.39, 0.29) is 54.5 Å². The maximum atomic E-state index is 14.4. The molecule has 2 amide bonds. The van der Waals surface area contributed by atoms with Crippen LogP contribution >= 0.6 is 36.4 Å². The van der Waals surface area contributed by atoms with Crippen LogP contribution in [0.1, 0.15) is 75.7 Å². The Balaban J connectivity index is 0.00000364. The Morgan fingerprint density at radius 2 is 1.69 bits per heavy atom. The number of benzene rings is 3. The number of anilines is 1. The first-order valence-corrected chi connectivity index (χ1v) is 18.3. The highest BCUT2D eigenvalue weighted by Gasteiger charge is 2.41. The summed E-state index contributed by atoms with van der Waals surface area (Å²) >= 11 is 6.61. The lowest BCUT2D eigenvalue weighted by Crippen LogP contribution is -2.47. The first kappa shape index (κ1) is 43.4. The van der Waals surface area contributed by atoms with Crippen LogP contribution in [-0.2, 0) is 20.7 Å². The third-order valence-corrected chi connectivity index (χ3v) is 9.44. The average molecular weight is 778 g/mol. The summed E-state index contributed by atoms with van der Waals surface area (Å²) in [6.45, 7) is 10.1. The second-order valence-electron chi connectivity index (χ2n) is 14.5. The van der Waals surface area contributed by atoms with Gasteiger partial charge in [0.25, 0.3) is 5.91 Å². The molecule has 1 saturated heterocycles. The summed E-state index contributed by atoms with van der Waals surface area (Å²) in [5.41, 5.74) is 9.35. The van der Waals surface area contributed by atoms with Crippen LogP contribution < -0.4 is 25.4 Å². The molecule has 286 valence electrons. The number of piperidine rings is 1. The van der Waals surface area contributed by atoms with Gasteiger partial charge in [0.1, 0.15) is 12.2 Å². The summed E-state index contributed by atoms with van der Waals surface area (Å²) in [6.07, 6.45) is 2.55. The molecule has 0 radical (unpaired) electrons. The zero-order chi connectivity index (χ0) is 35.7. The number of carbonyl (C=O) groups is 2. The number of carbonyl (C=O) groups excluding carboxylic acids is 2. The molecule has 5 rings (SSSR count). The Bertz CT molecular complexity index is 1580. The third kappa shape index (κ3) is 11.7. The summed E-state index contributed by atoms with van der Waals surface area (Å²) in [7, 11) is 1.61. The molecule has 2 atom stereocenters. The highest BCUT2D eigenvalue weighted by Crippen LogP contribution is 2.46. The van der Waals surface area contributed by atoms with Crippen LogP contribution in [0.15, 0.2) is 66.7 Å². The summed E-state index contributed by atoms with van der Waals surface area (Å²) in [5.74, 6) is 0.730. The van der Waals surface area contributed by atoms with E-state index in [2.05, 4.69) is 50.4 Å². The largest absolute Gasteiger partial charge is 0.492 e. The second-order valence-corrected chi connectivity index (χ2v) is 15.0. The van der Waals surface area contributed by atoms with Crippen molar-refractivity contribution in [1.29, 1.82) is 0 Å². The average Bonchev–Trinajstić information content (AvgIpc) is 3.19. The van der Waals surface area contributed by atoms with Crippen molar-refractivity contribution in [3.8, 4) is 11.5 Å². The monoisotopic (exact) mass is 776 g/mol. The zero-order valence-electron chi connectivity index (χ0n) is 30.8. The Morgan fingerprint density at radius 3 is 2.38 bits per heavy atom. The fourth-order valence-corrected chi connectivity index (χ4v) is 6.84. The van der Waals surface area contributed by atoms with Crippen molar-refractivity contribution in [3.63, 3.8) is 0 Å². The van der Waals surface area contributed by atoms with E-state index in [0.29, 0.717) is 54.0 Å². The molecule has 0 aromatic heterocycles. The van der Waals surface area contributed by atoms with Crippen LogP contribution in [0.3, 0.4) is 0 Å². The molecule has 0 unspecified atom stereocenters. The van der Waals surface area contributed by atoms with Crippen LogP contribution in [-0.4, -0.2) is 75.3 Å². The summed E-state index contributed by atoms with van der Waals surface area (Å²) in [6, 6.07) is 21.8. The quantitative estimate of drug-likeness (QED) is 0.165. The molecule has 0 saturated carbocycles. The molecule has 0 spiro atoms. The maximum Gasteiger partial charge on any atom is 0.256 e. The van der Waals surface area contributed by atoms with E-state index >= 15 is 0 Å². The van der Waals surface area contributed by atoms with Crippen molar-refractivity contribution in [2.75, 3.05) is 51.3 Å². The lowest BCUT2D eigenvalue weighted by atomic mass is 9.94.